The molecule has 1 aromatic rings. The zero-order valence-corrected chi connectivity index (χ0v) is 10.8. The minimum atomic E-state index is 0.268. The molecule has 0 amide bonds. The summed E-state index contributed by atoms with van der Waals surface area (Å²) in [7, 11) is 0. The Balaban J connectivity index is 2.19. The average Bonchev–Trinajstić information content (AvgIpc) is 2.32. The number of nitrogen functional groups attached to an aromatic ring is 1. The van der Waals surface area contributed by atoms with Gasteiger partial charge < -0.3 is 15.7 Å². The molecule has 0 aromatic heterocycles. The van der Waals surface area contributed by atoms with Crippen molar-refractivity contribution in [1.82, 2.24) is 0 Å². The molecular formula is C12H17BrN2O. The van der Waals surface area contributed by atoms with Crippen molar-refractivity contribution in [3.63, 3.8) is 0 Å². The summed E-state index contributed by atoms with van der Waals surface area (Å²) in [5, 5.41) is 9.21. The van der Waals surface area contributed by atoms with Crippen molar-refractivity contribution in [2.45, 2.75) is 12.8 Å². The molecule has 1 aliphatic rings. The number of nitrogens with zero attached hydrogens (tertiary/aromatic N) is 1. The fourth-order valence-corrected chi connectivity index (χ4v) is 2.57. The van der Waals surface area contributed by atoms with Crippen molar-refractivity contribution < 1.29 is 5.11 Å². The summed E-state index contributed by atoms with van der Waals surface area (Å²) in [5.41, 5.74) is 7.87. The second-order valence-corrected chi connectivity index (χ2v) is 5.26. The SMILES string of the molecule is Nc1ccc(Br)cc1N1CCCC(CO)C1. The Hall–Kier alpha value is -0.740. The Morgan fingerprint density at radius 3 is 3.06 bits per heavy atom. The lowest BCUT2D eigenvalue weighted by Crippen LogP contribution is -2.37. The first-order valence-corrected chi connectivity index (χ1v) is 6.41. The number of aliphatic hydroxyl groups is 1. The third-order valence-corrected chi connectivity index (χ3v) is 3.60. The average molecular weight is 285 g/mol. The van der Waals surface area contributed by atoms with Crippen LogP contribution in [0.15, 0.2) is 22.7 Å². The molecule has 16 heavy (non-hydrogen) atoms. The number of rotatable bonds is 2. The minimum Gasteiger partial charge on any atom is -0.397 e. The molecule has 0 aliphatic carbocycles. The first kappa shape index (κ1) is 11.7. The molecular weight excluding hydrogens is 268 g/mol. The molecule has 1 atom stereocenters. The van der Waals surface area contributed by atoms with Crippen LogP contribution in [0.2, 0.25) is 0 Å². The number of hydrogen-bond acceptors (Lipinski definition) is 3. The highest BCUT2D eigenvalue weighted by Crippen LogP contribution is 2.30. The van der Waals surface area contributed by atoms with E-state index >= 15 is 0 Å². The van der Waals surface area contributed by atoms with Crippen LogP contribution < -0.4 is 10.6 Å². The highest BCUT2D eigenvalue weighted by atomic mass is 79.9. The zero-order valence-electron chi connectivity index (χ0n) is 9.19. The molecule has 3 nitrogen and oxygen atoms in total. The Morgan fingerprint density at radius 1 is 1.50 bits per heavy atom. The third-order valence-electron chi connectivity index (χ3n) is 3.11. The van der Waals surface area contributed by atoms with Crippen LogP contribution in [0.1, 0.15) is 12.8 Å². The number of halogens is 1. The van der Waals surface area contributed by atoms with Gasteiger partial charge in [0.15, 0.2) is 0 Å². The van der Waals surface area contributed by atoms with E-state index in [1.54, 1.807) is 0 Å². The highest BCUT2D eigenvalue weighted by Gasteiger charge is 2.20. The molecule has 2 rings (SSSR count). The molecule has 1 aromatic carbocycles. The van der Waals surface area contributed by atoms with Crippen LogP contribution in [0.25, 0.3) is 0 Å². The van der Waals surface area contributed by atoms with E-state index in [4.69, 9.17) is 5.73 Å². The van der Waals surface area contributed by atoms with E-state index in [-0.39, 0.29) is 6.61 Å². The van der Waals surface area contributed by atoms with Gasteiger partial charge in [-0.2, -0.15) is 0 Å². The van der Waals surface area contributed by atoms with Crippen molar-refractivity contribution in [1.29, 1.82) is 0 Å². The summed E-state index contributed by atoms with van der Waals surface area (Å²) >= 11 is 3.46. The van der Waals surface area contributed by atoms with Crippen LogP contribution in [0.5, 0.6) is 0 Å². The van der Waals surface area contributed by atoms with Gasteiger partial charge >= 0.3 is 0 Å². The van der Waals surface area contributed by atoms with Crippen LogP contribution in [-0.2, 0) is 0 Å². The number of hydrogen-bond donors (Lipinski definition) is 2. The summed E-state index contributed by atoms with van der Waals surface area (Å²) < 4.78 is 1.04. The topological polar surface area (TPSA) is 49.5 Å². The molecule has 1 heterocycles. The first-order valence-electron chi connectivity index (χ1n) is 5.61. The molecule has 0 spiro atoms. The van der Waals surface area contributed by atoms with Crippen LogP contribution in [0.4, 0.5) is 11.4 Å². The van der Waals surface area contributed by atoms with Crippen molar-refractivity contribution in [3.05, 3.63) is 22.7 Å². The molecule has 0 saturated carbocycles. The fraction of sp³-hybridized carbons (Fsp3) is 0.500. The second kappa shape index (κ2) is 5.06. The fourth-order valence-electron chi connectivity index (χ4n) is 2.22. The molecule has 3 N–H and O–H groups in total. The van der Waals surface area contributed by atoms with Crippen molar-refractivity contribution in [3.8, 4) is 0 Å². The summed E-state index contributed by atoms with van der Waals surface area (Å²) in [4.78, 5) is 2.27. The van der Waals surface area contributed by atoms with Gasteiger partial charge in [0.05, 0.1) is 11.4 Å². The largest absolute Gasteiger partial charge is 0.397 e. The van der Waals surface area contributed by atoms with Gasteiger partial charge in [-0.1, -0.05) is 15.9 Å². The molecule has 1 aliphatic heterocycles. The maximum absolute atomic E-state index is 9.21. The van der Waals surface area contributed by atoms with E-state index in [2.05, 4.69) is 26.9 Å². The van der Waals surface area contributed by atoms with Gasteiger partial charge in [0, 0.05) is 24.2 Å². The predicted molar refractivity (Wildman–Crippen MR) is 70.6 cm³/mol. The predicted octanol–water partition coefficient (Wildman–Crippen LogP) is 2.24. The van der Waals surface area contributed by atoms with Gasteiger partial charge in [-0.25, -0.2) is 0 Å². The smallest absolute Gasteiger partial charge is 0.0611 e. The molecule has 1 saturated heterocycles. The lowest BCUT2D eigenvalue weighted by Gasteiger charge is -2.34. The van der Waals surface area contributed by atoms with Gasteiger partial charge in [0.2, 0.25) is 0 Å². The number of nitrogens with two attached hydrogens (primary N) is 1. The molecule has 4 heteroatoms. The number of piperidine rings is 1. The summed E-state index contributed by atoms with van der Waals surface area (Å²) in [6.45, 7) is 2.19. The standard InChI is InChI=1S/C12H17BrN2O/c13-10-3-4-11(14)12(6-10)15-5-1-2-9(7-15)8-16/h3-4,6,9,16H,1-2,5,7-8,14H2. The number of anilines is 2. The van der Waals surface area contributed by atoms with E-state index in [0.29, 0.717) is 5.92 Å². The molecule has 88 valence electrons. The van der Waals surface area contributed by atoms with Gasteiger partial charge in [-0.15, -0.1) is 0 Å². The number of aliphatic hydroxyl groups excluding tert-OH is 1. The Bertz CT molecular complexity index is 370. The van der Waals surface area contributed by atoms with Gasteiger partial charge in [-0.05, 0) is 37.0 Å². The lowest BCUT2D eigenvalue weighted by atomic mass is 9.98. The van der Waals surface area contributed by atoms with Crippen LogP contribution >= 0.6 is 15.9 Å². The van der Waals surface area contributed by atoms with E-state index in [0.717, 1.165) is 41.8 Å². The van der Waals surface area contributed by atoms with Crippen molar-refractivity contribution >= 4 is 27.3 Å². The maximum Gasteiger partial charge on any atom is 0.0611 e. The summed E-state index contributed by atoms with van der Waals surface area (Å²) in [6, 6.07) is 5.92. The van der Waals surface area contributed by atoms with Gasteiger partial charge in [0.25, 0.3) is 0 Å². The molecule has 0 radical (unpaired) electrons. The molecule has 0 bridgehead atoms. The second-order valence-electron chi connectivity index (χ2n) is 4.34. The highest BCUT2D eigenvalue weighted by molar-refractivity contribution is 9.10. The van der Waals surface area contributed by atoms with Gasteiger partial charge in [-0.3, -0.25) is 0 Å². The van der Waals surface area contributed by atoms with Crippen LogP contribution in [-0.4, -0.2) is 24.8 Å². The first-order chi connectivity index (χ1) is 7.70. The lowest BCUT2D eigenvalue weighted by molar-refractivity contribution is 0.209. The van der Waals surface area contributed by atoms with Crippen LogP contribution in [0.3, 0.4) is 0 Å². The summed E-state index contributed by atoms with van der Waals surface area (Å²) in [5.74, 6) is 0.382. The van der Waals surface area contributed by atoms with Gasteiger partial charge in [0.1, 0.15) is 0 Å². The Morgan fingerprint density at radius 2 is 2.31 bits per heavy atom. The summed E-state index contributed by atoms with van der Waals surface area (Å²) in [6.07, 6.45) is 2.23. The van der Waals surface area contributed by atoms with E-state index in [1.165, 1.54) is 0 Å². The van der Waals surface area contributed by atoms with Crippen LogP contribution in [0, 0.1) is 5.92 Å². The zero-order chi connectivity index (χ0) is 11.5. The molecule has 1 fully saturated rings. The third kappa shape index (κ3) is 2.50. The van der Waals surface area contributed by atoms with Crippen molar-refractivity contribution in [2.24, 2.45) is 5.92 Å². The van der Waals surface area contributed by atoms with E-state index in [9.17, 15) is 5.11 Å². The Labute approximate surface area is 104 Å². The van der Waals surface area contributed by atoms with E-state index < -0.39 is 0 Å². The monoisotopic (exact) mass is 284 g/mol. The van der Waals surface area contributed by atoms with E-state index in [1.807, 2.05) is 12.1 Å². The van der Waals surface area contributed by atoms with Crippen molar-refractivity contribution in [2.75, 3.05) is 30.3 Å². The minimum absolute atomic E-state index is 0.268. The number of benzene rings is 1. The normalized spacial score (nSPS) is 21.1. The quantitative estimate of drug-likeness (QED) is 0.819. The Kier molecular flexibility index (Phi) is 3.71. The maximum atomic E-state index is 9.21. The molecule has 1 unspecified atom stereocenters.